The fourth-order valence-corrected chi connectivity index (χ4v) is 2.96. The number of oxime groups is 1. The maximum Gasteiger partial charge on any atom is 0.0704 e. The second kappa shape index (κ2) is 5.74. The van der Waals surface area contributed by atoms with Crippen LogP contribution in [0.1, 0.15) is 51.5 Å². The first-order valence-corrected chi connectivity index (χ1v) is 7.51. The van der Waals surface area contributed by atoms with Gasteiger partial charge >= 0.3 is 0 Å². The van der Waals surface area contributed by atoms with E-state index in [2.05, 4.69) is 5.16 Å². The lowest BCUT2D eigenvalue weighted by Gasteiger charge is -2.44. The molecule has 1 atom stereocenters. The lowest BCUT2D eigenvalue weighted by molar-refractivity contribution is 0.0600. The van der Waals surface area contributed by atoms with E-state index >= 15 is 0 Å². The van der Waals surface area contributed by atoms with Gasteiger partial charge in [0, 0.05) is 16.9 Å². The van der Waals surface area contributed by atoms with Gasteiger partial charge in [0.15, 0.2) is 0 Å². The first kappa shape index (κ1) is 15.3. The molecule has 0 heterocycles. The summed E-state index contributed by atoms with van der Waals surface area (Å²) in [6, 6.07) is 7.72. The van der Waals surface area contributed by atoms with Gasteiger partial charge in [-0.25, -0.2) is 0 Å². The van der Waals surface area contributed by atoms with Gasteiger partial charge in [0.1, 0.15) is 0 Å². The van der Waals surface area contributed by atoms with Crippen LogP contribution in [-0.2, 0) is 5.41 Å². The maximum atomic E-state index is 10.3. The minimum atomic E-state index is -0.837. The normalized spacial score (nSPS) is 21.1. The van der Waals surface area contributed by atoms with Gasteiger partial charge < -0.3 is 10.3 Å². The van der Waals surface area contributed by atoms with Crippen molar-refractivity contribution >= 4 is 17.3 Å². The lowest BCUT2D eigenvalue weighted by Crippen LogP contribution is -2.45. The van der Waals surface area contributed by atoms with Crippen LogP contribution in [0.3, 0.4) is 0 Å². The van der Waals surface area contributed by atoms with Crippen molar-refractivity contribution in [3.05, 3.63) is 34.9 Å². The Balaban J connectivity index is 2.32. The zero-order valence-electron chi connectivity index (χ0n) is 12.1. The van der Waals surface area contributed by atoms with Gasteiger partial charge in [-0.3, -0.25) is 0 Å². The summed E-state index contributed by atoms with van der Waals surface area (Å²) < 4.78 is 0. The molecule has 1 unspecified atom stereocenters. The minimum absolute atomic E-state index is 0.238. The molecule has 0 amide bonds. The van der Waals surface area contributed by atoms with E-state index in [1.807, 2.05) is 31.2 Å². The zero-order chi connectivity index (χ0) is 14.8. The van der Waals surface area contributed by atoms with Crippen molar-refractivity contribution in [1.82, 2.24) is 0 Å². The summed E-state index contributed by atoms with van der Waals surface area (Å²) in [5.41, 5.74) is 0.723. The second-order valence-electron chi connectivity index (χ2n) is 6.02. The molecule has 1 aliphatic rings. The fourth-order valence-electron chi connectivity index (χ4n) is 2.83. The molecule has 0 saturated heterocycles. The van der Waals surface area contributed by atoms with E-state index in [1.165, 1.54) is 0 Å². The molecule has 2 N–H and O–H groups in total. The van der Waals surface area contributed by atoms with Crippen LogP contribution in [0.25, 0.3) is 0 Å². The van der Waals surface area contributed by atoms with E-state index in [-0.39, 0.29) is 5.41 Å². The molecule has 3 nitrogen and oxygen atoms in total. The molecule has 4 heteroatoms. The SMILES string of the molecule is CCC(C)(O)CC(=NO)C1(c2ccc(Cl)cc2)CCC1. The summed E-state index contributed by atoms with van der Waals surface area (Å²) in [5, 5.41) is 24.0. The number of benzene rings is 1. The van der Waals surface area contributed by atoms with Crippen LogP contribution in [0.5, 0.6) is 0 Å². The van der Waals surface area contributed by atoms with Gasteiger partial charge in [0.25, 0.3) is 0 Å². The molecule has 0 aromatic heterocycles. The number of halogens is 1. The smallest absolute Gasteiger partial charge is 0.0704 e. The molecule has 1 saturated carbocycles. The Morgan fingerprint density at radius 3 is 2.35 bits per heavy atom. The van der Waals surface area contributed by atoms with E-state index < -0.39 is 5.60 Å². The summed E-state index contributed by atoms with van der Waals surface area (Å²) >= 11 is 5.95. The van der Waals surface area contributed by atoms with Crippen molar-refractivity contribution in [3.63, 3.8) is 0 Å². The fraction of sp³-hybridized carbons (Fsp3) is 0.562. The van der Waals surface area contributed by atoms with E-state index in [4.69, 9.17) is 11.6 Å². The Labute approximate surface area is 125 Å². The molecule has 0 spiro atoms. The largest absolute Gasteiger partial charge is 0.411 e. The first-order valence-electron chi connectivity index (χ1n) is 7.13. The molecule has 110 valence electrons. The van der Waals surface area contributed by atoms with Crippen molar-refractivity contribution < 1.29 is 10.3 Å². The lowest BCUT2D eigenvalue weighted by atomic mass is 9.60. The molecule has 0 bridgehead atoms. The van der Waals surface area contributed by atoms with Crippen molar-refractivity contribution in [2.75, 3.05) is 0 Å². The third-order valence-electron chi connectivity index (χ3n) is 4.59. The molecule has 0 aliphatic heterocycles. The molecule has 1 aromatic carbocycles. The van der Waals surface area contributed by atoms with Gasteiger partial charge in [-0.2, -0.15) is 0 Å². The van der Waals surface area contributed by atoms with Crippen LogP contribution in [0.4, 0.5) is 0 Å². The summed E-state index contributed by atoms with van der Waals surface area (Å²) in [6.07, 6.45) is 4.03. The van der Waals surface area contributed by atoms with Crippen LogP contribution in [0, 0.1) is 0 Å². The number of hydrogen-bond donors (Lipinski definition) is 2. The van der Waals surface area contributed by atoms with Crippen molar-refractivity contribution in [2.45, 2.75) is 57.0 Å². The number of aliphatic hydroxyl groups is 1. The molecule has 2 rings (SSSR count). The van der Waals surface area contributed by atoms with E-state index in [0.717, 1.165) is 24.8 Å². The predicted octanol–water partition coefficient (Wildman–Crippen LogP) is 4.14. The molecule has 0 radical (unpaired) electrons. The van der Waals surface area contributed by atoms with E-state index in [1.54, 1.807) is 6.92 Å². The molecule has 1 aromatic rings. The van der Waals surface area contributed by atoms with E-state index in [0.29, 0.717) is 23.6 Å². The second-order valence-corrected chi connectivity index (χ2v) is 6.45. The maximum absolute atomic E-state index is 10.3. The topological polar surface area (TPSA) is 52.8 Å². The summed E-state index contributed by atoms with van der Waals surface area (Å²) in [5.74, 6) is 0. The highest BCUT2D eigenvalue weighted by Gasteiger charge is 2.45. The van der Waals surface area contributed by atoms with Gasteiger partial charge in [0.05, 0.1) is 11.3 Å². The van der Waals surface area contributed by atoms with Gasteiger partial charge in [-0.1, -0.05) is 42.2 Å². The molecular weight excluding hydrogens is 274 g/mol. The van der Waals surface area contributed by atoms with Gasteiger partial charge in [0.2, 0.25) is 0 Å². The first-order chi connectivity index (χ1) is 9.43. The standard InChI is InChI=1S/C16H22ClNO2/c1-3-15(2,19)11-14(18-20)16(9-4-10-16)12-5-7-13(17)8-6-12/h5-8,19-20H,3-4,9-11H2,1-2H3. The van der Waals surface area contributed by atoms with Crippen LogP contribution >= 0.6 is 11.6 Å². The number of nitrogens with zero attached hydrogens (tertiary/aromatic N) is 1. The Bertz CT molecular complexity index is 490. The zero-order valence-corrected chi connectivity index (χ0v) is 12.8. The molecule has 1 aliphatic carbocycles. The highest BCUT2D eigenvalue weighted by Crippen LogP contribution is 2.47. The van der Waals surface area contributed by atoms with Crippen LogP contribution < -0.4 is 0 Å². The van der Waals surface area contributed by atoms with Crippen molar-refractivity contribution in [3.8, 4) is 0 Å². The Kier molecular flexibility index (Phi) is 4.40. The van der Waals surface area contributed by atoms with Gasteiger partial charge in [-0.05, 0) is 43.9 Å². The van der Waals surface area contributed by atoms with Crippen molar-refractivity contribution in [2.24, 2.45) is 5.16 Å². The third-order valence-corrected chi connectivity index (χ3v) is 4.84. The predicted molar refractivity (Wildman–Crippen MR) is 81.7 cm³/mol. The summed E-state index contributed by atoms with van der Waals surface area (Å²) in [6.45, 7) is 3.72. The number of rotatable bonds is 5. The minimum Gasteiger partial charge on any atom is -0.411 e. The van der Waals surface area contributed by atoms with E-state index in [9.17, 15) is 10.3 Å². The Morgan fingerprint density at radius 2 is 1.95 bits per heavy atom. The summed E-state index contributed by atoms with van der Waals surface area (Å²) in [4.78, 5) is 0. The highest BCUT2D eigenvalue weighted by atomic mass is 35.5. The average Bonchev–Trinajstić information content (AvgIpc) is 2.38. The molecular formula is C16H22ClNO2. The molecule has 20 heavy (non-hydrogen) atoms. The summed E-state index contributed by atoms with van der Waals surface area (Å²) in [7, 11) is 0. The monoisotopic (exact) mass is 295 g/mol. The highest BCUT2D eigenvalue weighted by molar-refractivity contribution is 6.30. The third kappa shape index (κ3) is 2.84. The average molecular weight is 296 g/mol. The van der Waals surface area contributed by atoms with Gasteiger partial charge in [-0.15, -0.1) is 0 Å². The Morgan fingerprint density at radius 1 is 1.35 bits per heavy atom. The number of hydrogen-bond acceptors (Lipinski definition) is 3. The quantitative estimate of drug-likeness (QED) is 0.487. The van der Waals surface area contributed by atoms with Crippen LogP contribution in [-0.4, -0.2) is 21.6 Å². The Hall–Kier alpha value is -1.06. The van der Waals surface area contributed by atoms with Crippen LogP contribution in [0.2, 0.25) is 5.02 Å². The van der Waals surface area contributed by atoms with Crippen LogP contribution in [0.15, 0.2) is 29.4 Å². The molecule has 1 fully saturated rings. The van der Waals surface area contributed by atoms with Crippen molar-refractivity contribution in [1.29, 1.82) is 0 Å².